The molecule has 2 aromatic heterocycles. The third kappa shape index (κ3) is 5.16. The van der Waals surface area contributed by atoms with Crippen LogP contribution in [0.4, 0.5) is 8.78 Å². The van der Waals surface area contributed by atoms with E-state index < -0.39 is 17.2 Å². The van der Waals surface area contributed by atoms with Gasteiger partial charge < -0.3 is 4.74 Å². The zero-order chi connectivity index (χ0) is 21.0. The highest BCUT2D eigenvalue weighted by Gasteiger charge is 2.13. The smallest absolute Gasteiger partial charge is 0.294 e. The molecule has 2 heterocycles. The van der Waals surface area contributed by atoms with Crippen molar-refractivity contribution < 1.29 is 13.5 Å². The normalized spacial score (nSPS) is 14.4. The van der Waals surface area contributed by atoms with Crippen LogP contribution in [0.2, 0.25) is 0 Å². The molecule has 1 aliphatic rings. The lowest BCUT2D eigenvalue weighted by Crippen LogP contribution is -2.19. The third-order valence-electron chi connectivity index (χ3n) is 5.04. The number of halogens is 2. The van der Waals surface area contributed by atoms with E-state index in [-0.39, 0.29) is 11.5 Å². The van der Waals surface area contributed by atoms with E-state index in [2.05, 4.69) is 16.9 Å². The maximum atomic E-state index is 13.6. The number of ether oxygens (including phenoxy) is 1. The van der Waals surface area contributed by atoms with Gasteiger partial charge in [-0.1, -0.05) is 39.0 Å². The second-order valence-corrected chi connectivity index (χ2v) is 7.49. The molecule has 3 aromatic rings. The number of nitrogens with zero attached hydrogens (tertiary/aromatic N) is 3. The van der Waals surface area contributed by atoms with Gasteiger partial charge in [-0.3, -0.25) is 9.36 Å². The zero-order valence-electron chi connectivity index (χ0n) is 16.9. The molecule has 0 atom stereocenters. The lowest BCUT2D eigenvalue weighted by Gasteiger charge is -2.15. The lowest BCUT2D eigenvalue weighted by molar-refractivity contribution is 0.385. The fourth-order valence-corrected chi connectivity index (χ4v) is 3.36. The molecule has 0 aliphatic heterocycles. The molecule has 29 heavy (non-hydrogen) atoms. The molecule has 1 aromatic carbocycles. The summed E-state index contributed by atoms with van der Waals surface area (Å²) in [5, 5.41) is 0.574. The number of aryl methyl sites for hydroxylation is 2. The molecule has 7 heteroatoms. The van der Waals surface area contributed by atoms with Crippen LogP contribution in [0.3, 0.4) is 0 Å². The molecule has 0 spiro atoms. The van der Waals surface area contributed by atoms with Gasteiger partial charge in [0.1, 0.15) is 17.3 Å². The summed E-state index contributed by atoms with van der Waals surface area (Å²) in [5.74, 6) is -0.365. The second kappa shape index (κ2) is 9.11. The Hall–Kier alpha value is -2.83. The minimum atomic E-state index is -0.887. The zero-order valence-corrected chi connectivity index (χ0v) is 16.9. The van der Waals surface area contributed by atoms with Crippen LogP contribution in [0.1, 0.15) is 44.9 Å². The minimum absolute atomic E-state index is 0.0899. The molecule has 4 rings (SSSR count). The van der Waals surface area contributed by atoms with Gasteiger partial charge in [-0.05, 0) is 31.0 Å². The van der Waals surface area contributed by atoms with E-state index in [1.165, 1.54) is 49.8 Å². The predicted molar refractivity (Wildman–Crippen MR) is 108 cm³/mol. The number of fused-ring (bicyclic) bond motifs is 1. The van der Waals surface area contributed by atoms with Gasteiger partial charge in [-0.2, -0.15) is 0 Å². The van der Waals surface area contributed by atoms with Crippen molar-refractivity contribution in [1.82, 2.24) is 14.5 Å². The van der Waals surface area contributed by atoms with Gasteiger partial charge in [0.05, 0.1) is 0 Å². The molecule has 0 unspecified atom stereocenters. The van der Waals surface area contributed by atoms with Gasteiger partial charge in [-0.15, -0.1) is 0 Å². The molecule has 1 saturated carbocycles. The Labute approximate surface area is 168 Å². The summed E-state index contributed by atoms with van der Waals surface area (Å²) in [4.78, 5) is 20.5. The average Bonchev–Trinajstić information content (AvgIpc) is 2.69. The van der Waals surface area contributed by atoms with E-state index in [1.807, 2.05) is 0 Å². The lowest BCUT2D eigenvalue weighted by atomic mass is 9.91. The Morgan fingerprint density at radius 3 is 2.45 bits per heavy atom. The fourth-order valence-electron chi connectivity index (χ4n) is 3.36. The molecule has 0 amide bonds. The van der Waals surface area contributed by atoms with Crippen LogP contribution in [-0.4, -0.2) is 14.5 Å². The molecule has 1 fully saturated rings. The summed E-state index contributed by atoms with van der Waals surface area (Å²) < 4.78 is 33.1. The number of aromatic nitrogens is 3. The Balaban J connectivity index is 0.000000290. The van der Waals surface area contributed by atoms with Crippen LogP contribution < -0.4 is 10.3 Å². The summed E-state index contributed by atoms with van der Waals surface area (Å²) >= 11 is 0. The molecular weight excluding hydrogens is 376 g/mol. The molecule has 154 valence electrons. The van der Waals surface area contributed by atoms with Crippen LogP contribution in [0.25, 0.3) is 11.0 Å². The van der Waals surface area contributed by atoms with Crippen LogP contribution >= 0.6 is 0 Å². The van der Waals surface area contributed by atoms with Crippen molar-refractivity contribution in [1.29, 1.82) is 0 Å². The van der Waals surface area contributed by atoms with Crippen LogP contribution in [0.5, 0.6) is 11.5 Å². The first-order valence-corrected chi connectivity index (χ1v) is 9.81. The number of hydrogen-bond acceptors (Lipinski definition) is 4. The van der Waals surface area contributed by atoms with E-state index in [9.17, 15) is 13.6 Å². The van der Waals surface area contributed by atoms with Crippen molar-refractivity contribution in [3.8, 4) is 11.5 Å². The van der Waals surface area contributed by atoms with E-state index >= 15 is 0 Å². The molecule has 1 aliphatic carbocycles. The highest BCUT2D eigenvalue weighted by Crippen LogP contribution is 2.24. The largest absolute Gasteiger partial charge is 0.448 e. The quantitative estimate of drug-likeness (QED) is 0.585. The van der Waals surface area contributed by atoms with E-state index in [1.54, 1.807) is 13.1 Å². The summed E-state index contributed by atoms with van der Waals surface area (Å²) in [6, 6.07) is 4.30. The van der Waals surface area contributed by atoms with E-state index in [0.717, 1.165) is 18.1 Å². The van der Waals surface area contributed by atoms with Gasteiger partial charge in [0.2, 0.25) is 0 Å². The number of hydrogen-bond donors (Lipinski definition) is 0. The van der Waals surface area contributed by atoms with E-state index in [0.29, 0.717) is 22.9 Å². The minimum Gasteiger partial charge on any atom is -0.448 e. The Bertz CT molecular complexity index is 1060. The molecule has 0 N–H and O–H groups in total. The first-order chi connectivity index (χ1) is 13.8. The third-order valence-corrected chi connectivity index (χ3v) is 5.04. The van der Waals surface area contributed by atoms with Crippen LogP contribution in [0, 0.1) is 24.5 Å². The van der Waals surface area contributed by atoms with E-state index in [4.69, 9.17) is 4.74 Å². The Morgan fingerprint density at radius 1 is 1.10 bits per heavy atom. The first-order valence-electron chi connectivity index (χ1n) is 9.81. The van der Waals surface area contributed by atoms with Crippen molar-refractivity contribution in [3.05, 3.63) is 58.3 Å². The maximum Gasteiger partial charge on any atom is 0.294 e. The number of rotatable bonds is 2. The fraction of sp³-hybridized carbons (Fsp3) is 0.409. The molecule has 0 saturated heterocycles. The highest BCUT2D eigenvalue weighted by molar-refractivity contribution is 5.75. The molecular formula is C22H25F2N3O2. The SMILES string of the molecule is CC1CCCCC1.Cc1ncc2cc(Oc3ccc(F)cc3F)c(=O)n(C)c2n1. The molecule has 0 radical (unpaired) electrons. The topological polar surface area (TPSA) is 57.0 Å². The van der Waals surface area contributed by atoms with Crippen molar-refractivity contribution in [2.45, 2.75) is 46.0 Å². The number of benzene rings is 1. The predicted octanol–water partition coefficient (Wildman–Crippen LogP) is 5.29. The average molecular weight is 401 g/mol. The molecule has 5 nitrogen and oxygen atoms in total. The summed E-state index contributed by atoms with van der Waals surface area (Å²) in [6.07, 6.45) is 8.98. The van der Waals surface area contributed by atoms with Gasteiger partial charge in [-0.25, -0.2) is 18.7 Å². The molecule has 0 bridgehead atoms. The van der Waals surface area contributed by atoms with Gasteiger partial charge >= 0.3 is 0 Å². The van der Waals surface area contributed by atoms with Crippen LogP contribution in [-0.2, 0) is 7.05 Å². The van der Waals surface area contributed by atoms with Crippen molar-refractivity contribution in [2.24, 2.45) is 13.0 Å². The van der Waals surface area contributed by atoms with Crippen molar-refractivity contribution in [3.63, 3.8) is 0 Å². The van der Waals surface area contributed by atoms with Gasteiger partial charge in [0.15, 0.2) is 17.3 Å². The monoisotopic (exact) mass is 401 g/mol. The van der Waals surface area contributed by atoms with Crippen molar-refractivity contribution in [2.75, 3.05) is 0 Å². The Kier molecular flexibility index (Phi) is 6.56. The standard InChI is InChI=1S/C15H11F2N3O2.C7H14/c1-8-18-7-9-5-13(15(21)20(2)14(9)19-8)22-12-4-3-10(16)6-11(12)17;1-7-5-3-2-4-6-7/h3-7H,1-2H3;7H,2-6H2,1H3. The Morgan fingerprint density at radius 2 is 1.83 bits per heavy atom. The van der Waals surface area contributed by atoms with Gasteiger partial charge in [0.25, 0.3) is 5.56 Å². The number of pyridine rings is 1. The maximum absolute atomic E-state index is 13.6. The van der Waals surface area contributed by atoms with Crippen molar-refractivity contribution >= 4 is 11.0 Å². The van der Waals surface area contributed by atoms with Gasteiger partial charge in [0, 0.05) is 24.7 Å². The highest BCUT2D eigenvalue weighted by atomic mass is 19.1. The first kappa shape index (κ1) is 20.9. The summed E-state index contributed by atoms with van der Waals surface area (Å²) in [6.45, 7) is 4.07. The summed E-state index contributed by atoms with van der Waals surface area (Å²) in [5.41, 5.74) is -0.0289. The van der Waals surface area contributed by atoms with Crippen LogP contribution in [0.15, 0.2) is 35.3 Å². The summed E-state index contributed by atoms with van der Waals surface area (Å²) in [7, 11) is 1.53. The second-order valence-electron chi connectivity index (χ2n) is 7.49.